The van der Waals surface area contributed by atoms with Crippen molar-refractivity contribution in [1.29, 1.82) is 0 Å². The summed E-state index contributed by atoms with van der Waals surface area (Å²) in [6.45, 7) is 1.07. The van der Waals surface area contributed by atoms with Gasteiger partial charge in [-0.2, -0.15) is 0 Å². The van der Waals surface area contributed by atoms with Crippen molar-refractivity contribution in [2.75, 3.05) is 25.5 Å². The molecule has 0 saturated carbocycles. The van der Waals surface area contributed by atoms with E-state index in [0.717, 1.165) is 43.5 Å². The van der Waals surface area contributed by atoms with Crippen molar-refractivity contribution in [1.82, 2.24) is 4.90 Å². The lowest BCUT2D eigenvalue weighted by Gasteiger charge is -2.29. The molecule has 0 bridgehead atoms. The summed E-state index contributed by atoms with van der Waals surface area (Å²) in [7, 11) is -2.17. The van der Waals surface area contributed by atoms with Crippen LogP contribution in [-0.4, -0.2) is 39.4 Å². The predicted molar refractivity (Wildman–Crippen MR) is 112 cm³/mol. The number of amides is 1. The number of anilines is 1. The molecule has 2 aromatic carbocycles. The Hall–Kier alpha value is -2.42. The molecule has 3 rings (SSSR count). The van der Waals surface area contributed by atoms with Crippen molar-refractivity contribution in [3.05, 3.63) is 54.1 Å². The lowest BCUT2D eigenvalue weighted by molar-refractivity contribution is -0.117. The summed E-state index contributed by atoms with van der Waals surface area (Å²) in [6, 6.07) is 14.1. The summed E-state index contributed by atoms with van der Waals surface area (Å²) in [5, 5.41) is 7.96. The van der Waals surface area contributed by atoms with Crippen molar-refractivity contribution >= 4 is 21.6 Å². The number of nitrogens with one attached hydrogen (secondary N) is 1. The van der Waals surface area contributed by atoms with Gasteiger partial charge in [-0.15, -0.1) is 0 Å². The fraction of sp³-hybridized carbons (Fsp3) is 0.381. The van der Waals surface area contributed by atoms with E-state index in [0.29, 0.717) is 5.69 Å². The summed E-state index contributed by atoms with van der Waals surface area (Å²) >= 11 is 0. The fourth-order valence-electron chi connectivity index (χ4n) is 3.70. The quantitative estimate of drug-likeness (QED) is 0.752. The average molecular weight is 418 g/mol. The number of carbonyl (C=O) groups excluding carboxylic acids is 1. The van der Waals surface area contributed by atoms with E-state index in [4.69, 9.17) is 9.88 Å². The number of primary sulfonamides is 1. The highest BCUT2D eigenvalue weighted by molar-refractivity contribution is 7.89. The van der Waals surface area contributed by atoms with Gasteiger partial charge in [0.1, 0.15) is 5.75 Å². The zero-order valence-electron chi connectivity index (χ0n) is 16.5. The average Bonchev–Trinajstić information content (AvgIpc) is 2.93. The van der Waals surface area contributed by atoms with E-state index >= 15 is 0 Å². The van der Waals surface area contributed by atoms with Gasteiger partial charge in [-0.1, -0.05) is 31.0 Å². The minimum atomic E-state index is -3.82. The maximum absolute atomic E-state index is 12.7. The normalized spacial score (nSPS) is 18.1. The number of carbonyl (C=O) groups is 1. The van der Waals surface area contributed by atoms with Crippen LogP contribution in [0.3, 0.4) is 0 Å². The van der Waals surface area contributed by atoms with Crippen molar-refractivity contribution < 1.29 is 17.9 Å². The second-order valence-electron chi connectivity index (χ2n) is 7.23. The van der Waals surface area contributed by atoms with Crippen LogP contribution in [0.5, 0.6) is 5.75 Å². The number of hydrogen-bond donors (Lipinski definition) is 2. The predicted octanol–water partition coefficient (Wildman–Crippen LogP) is 2.90. The van der Waals surface area contributed by atoms with E-state index in [2.05, 4.69) is 22.3 Å². The number of methoxy groups -OCH3 is 1. The van der Waals surface area contributed by atoms with Gasteiger partial charge in [0.05, 0.1) is 18.6 Å². The number of benzene rings is 2. The Balaban J connectivity index is 1.72. The first-order valence-electron chi connectivity index (χ1n) is 9.67. The summed E-state index contributed by atoms with van der Waals surface area (Å²) in [4.78, 5) is 14.8. The highest BCUT2D eigenvalue weighted by atomic mass is 32.2. The van der Waals surface area contributed by atoms with Gasteiger partial charge in [0, 0.05) is 11.7 Å². The Kier molecular flexibility index (Phi) is 6.89. The van der Waals surface area contributed by atoms with Gasteiger partial charge in [-0.05, 0) is 55.3 Å². The van der Waals surface area contributed by atoms with E-state index in [1.807, 2.05) is 12.1 Å². The molecule has 0 unspecified atom stereocenters. The minimum absolute atomic E-state index is 0.0267. The third kappa shape index (κ3) is 5.79. The molecule has 0 aliphatic carbocycles. The largest absolute Gasteiger partial charge is 0.497 e. The molecule has 7 nitrogen and oxygen atoms in total. The number of rotatable bonds is 6. The number of likely N-dealkylation sites (tertiary alicyclic amines) is 1. The van der Waals surface area contributed by atoms with Crippen LogP contribution in [0.1, 0.15) is 37.3 Å². The second kappa shape index (κ2) is 9.39. The third-order valence-electron chi connectivity index (χ3n) is 5.16. The first-order valence-corrected chi connectivity index (χ1v) is 11.2. The van der Waals surface area contributed by atoms with Crippen molar-refractivity contribution in [2.24, 2.45) is 5.14 Å². The number of nitrogens with zero attached hydrogens (tertiary/aromatic N) is 1. The molecule has 2 aromatic rings. The number of sulfonamides is 1. The monoisotopic (exact) mass is 417 g/mol. The third-order valence-corrected chi connectivity index (χ3v) is 6.07. The fourth-order valence-corrected chi connectivity index (χ4v) is 4.26. The zero-order valence-corrected chi connectivity index (χ0v) is 17.3. The molecular weight excluding hydrogens is 390 g/mol. The Morgan fingerprint density at radius 3 is 2.62 bits per heavy atom. The Labute approximate surface area is 171 Å². The number of nitrogens with two attached hydrogens (primary N) is 1. The van der Waals surface area contributed by atoms with Crippen LogP contribution in [0.4, 0.5) is 5.69 Å². The summed E-state index contributed by atoms with van der Waals surface area (Å²) in [5.74, 6) is 0.624. The molecule has 1 amide bonds. The molecule has 1 fully saturated rings. The Morgan fingerprint density at radius 1 is 1.17 bits per heavy atom. The lowest BCUT2D eigenvalue weighted by atomic mass is 10.0. The summed E-state index contributed by atoms with van der Waals surface area (Å²) in [6.07, 6.45) is 4.29. The Morgan fingerprint density at radius 2 is 1.93 bits per heavy atom. The maximum atomic E-state index is 12.7. The minimum Gasteiger partial charge on any atom is -0.497 e. The van der Waals surface area contributed by atoms with E-state index in [1.54, 1.807) is 19.2 Å². The molecule has 8 heteroatoms. The SMILES string of the molecule is COc1ccc([C@@H]2CCCCCN2CC(=O)Nc2cccc(S(N)(=O)=O)c2)cc1. The summed E-state index contributed by atoms with van der Waals surface area (Å²) < 4.78 is 28.3. The first kappa shape index (κ1) is 21.3. The van der Waals surface area contributed by atoms with Crippen LogP contribution in [-0.2, 0) is 14.8 Å². The molecule has 0 radical (unpaired) electrons. The molecule has 0 aromatic heterocycles. The first-order chi connectivity index (χ1) is 13.9. The van der Waals surface area contributed by atoms with Crippen LogP contribution < -0.4 is 15.2 Å². The van der Waals surface area contributed by atoms with Gasteiger partial charge >= 0.3 is 0 Å². The van der Waals surface area contributed by atoms with Crippen LogP contribution >= 0.6 is 0 Å². The van der Waals surface area contributed by atoms with Crippen molar-refractivity contribution in [3.63, 3.8) is 0 Å². The maximum Gasteiger partial charge on any atom is 0.238 e. The molecule has 1 heterocycles. The second-order valence-corrected chi connectivity index (χ2v) is 8.79. The highest BCUT2D eigenvalue weighted by Gasteiger charge is 2.24. The van der Waals surface area contributed by atoms with Gasteiger partial charge in [-0.25, -0.2) is 13.6 Å². The van der Waals surface area contributed by atoms with Crippen molar-refractivity contribution in [3.8, 4) is 5.75 Å². The van der Waals surface area contributed by atoms with Crippen LogP contribution in [0.15, 0.2) is 53.4 Å². The van der Waals surface area contributed by atoms with Gasteiger partial charge in [-0.3, -0.25) is 9.69 Å². The van der Waals surface area contributed by atoms with Crippen molar-refractivity contribution in [2.45, 2.75) is 36.6 Å². The molecule has 1 aliphatic rings. The molecule has 29 heavy (non-hydrogen) atoms. The van der Waals surface area contributed by atoms with Crippen LogP contribution in [0.2, 0.25) is 0 Å². The topological polar surface area (TPSA) is 102 Å². The van der Waals surface area contributed by atoms with Gasteiger partial charge < -0.3 is 10.1 Å². The van der Waals surface area contributed by atoms with E-state index in [9.17, 15) is 13.2 Å². The number of ether oxygens (including phenoxy) is 1. The molecule has 0 spiro atoms. The molecule has 1 saturated heterocycles. The van der Waals surface area contributed by atoms with E-state index < -0.39 is 10.0 Å². The molecule has 156 valence electrons. The Bertz CT molecular complexity index is 945. The molecule has 3 N–H and O–H groups in total. The van der Waals surface area contributed by atoms with Crippen LogP contribution in [0.25, 0.3) is 0 Å². The van der Waals surface area contributed by atoms with Gasteiger partial charge in [0.15, 0.2) is 0 Å². The highest BCUT2D eigenvalue weighted by Crippen LogP contribution is 2.31. The van der Waals surface area contributed by atoms with E-state index in [1.165, 1.54) is 12.1 Å². The summed E-state index contributed by atoms with van der Waals surface area (Å²) in [5.41, 5.74) is 1.58. The van der Waals surface area contributed by atoms with E-state index in [-0.39, 0.29) is 23.4 Å². The number of hydrogen-bond acceptors (Lipinski definition) is 5. The standard InChI is InChI=1S/C21H27N3O4S/c1-28-18-11-9-16(10-12-18)20-8-3-2-4-13-24(20)15-21(25)23-17-6-5-7-19(14-17)29(22,26)27/h5-7,9-12,14,20H,2-4,8,13,15H2,1H3,(H,23,25)(H2,22,26,27)/t20-/m0/s1. The molecular formula is C21H27N3O4S. The van der Waals surface area contributed by atoms with Crippen LogP contribution in [0, 0.1) is 0 Å². The zero-order chi connectivity index (χ0) is 20.9. The van der Waals surface area contributed by atoms with Gasteiger partial charge in [0.25, 0.3) is 0 Å². The molecule has 1 aliphatic heterocycles. The lowest BCUT2D eigenvalue weighted by Crippen LogP contribution is -2.36. The smallest absolute Gasteiger partial charge is 0.238 e. The van der Waals surface area contributed by atoms with Gasteiger partial charge in [0.2, 0.25) is 15.9 Å². The molecule has 1 atom stereocenters.